The van der Waals surface area contributed by atoms with Gasteiger partial charge < -0.3 is 15.5 Å². The summed E-state index contributed by atoms with van der Waals surface area (Å²) >= 11 is 0. The van der Waals surface area contributed by atoms with Crippen molar-refractivity contribution in [3.8, 4) is 22.8 Å². The molecule has 31 heavy (non-hydrogen) atoms. The maximum absolute atomic E-state index is 13.0. The highest BCUT2D eigenvalue weighted by Gasteiger charge is 2.15. The lowest BCUT2D eigenvalue weighted by atomic mass is 9.99. The predicted molar refractivity (Wildman–Crippen MR) is 113 cm³/mol. The third-order valence-corrected chi connectivity index (χ3v) is 4.90. The maximum Gasteiger partial charge on any atom is 0.248 e. The van der Waals surface area contributed by atoms with E-state index in [1.165, 1.54) is 6.39 Å². The van der Waals surface area contributed by atoms with Gasteiger partial charge in [0.15, 0.2) is 11.6 Å². The molecule has 0 aliphatic heterocycles. The molecular formula is C22H22FN7O. The van der Waals surface area contributed by atoms with E-state index in [0.29, 0.717) is 18.3 Å². The minimum absolute atomic E-state index is 0.0576. The Balaban J connectivity index is 1.37. The molecule has 0 fully saturated rings. The second-order valence-corrected chi connectivity index (χ2v) is 7.25. The lowest BCUT2D eigenvalue weighted by molar-refractivity contribution is 0.441. The average Bonchev–Trinajstić information content (AvgIpc) is 3.33. The Labute approximate surface area is 178 Å². The molecule has 3 heterocycles. The zero-order valence-electron chi connectivity index (χ0n) is 16.9. The van der Waals surface area contributed by atoms with Gasteiger partial charge in [0.1, 0.15) is 0 Å². The smallest absolute Gasteiger partial charge is 0.248 e. The molecule has 9 heteroatoms. The molecule has 0 aliphatic carbocycles. The Morgan fingerprint density at radius 2 is 1.74 bits per heavy atom. The molecule has 0 bridgehead atoms. The van der Waals surface area contributed by atoms with Crippen LogP contribution in [0.5, 0.6) is 0 Å². The van der Waals surface area contributed by atoms with E-state index in [1.54, 1.807) is 6.20 Å². The van der Waals surface area contributed by atoms with Gasteiger partial charge in [-0.2, -0.15) is 0 Å². The van der Waals surface area contributed by atoms with Crippen molar-refractivity contribution in [2.45, 2.75) is 32.0 Å². The van der Waals surface area contributed by atoms with Crippen LogP contribution in [0.4, 0.5) is 4.39 Å². The van der Waals surface area contributed by atoms with Gasteiger partial charge in [0.25, 0.3) is 0 Å². The number of hydrogen-bond acceptors (Lipinski definition) is 8. The van der Waals surface area contributed by atoms with E-state index >= 15 is 0 Å². The fraction of sp³-hybridized carbons (Fsp3) is 0.227. The van der Waals surface area contributed by atoms with Crippen LogP contribution in [0.15, 0.2) is 65.8 Å². The van der Waals surface area contributed by atoms with Gasteiger partial charge in [-0.3, -0.25) is 4.98 Å². The van der Waals surface area contributed by atoms with Crippen LogP contribution in [-0.2, 0) is 13.0 Å². The number of nitrogens with zero attached hydrogens (tertiary/aromatic N) is 5. The summed E-state index contributed by atoms with van der Waals surface area (Å²) < 4.78 is 18.2. The summed E-state index contributed by atoms with van der Waals surface area (Å²) in [6.07, 6.45) is 6.07. The summed E-state index contributed by atoms with van der Waals surface area (Å²) in [6.45, 7) is 2.56. The number of rotatable bonds is 8. The van der Waals surface area contributed by atoms with Crippen LogP contribution >= 0.6 is 0 Å². The fourth-order valence-electron chi connectivity index (χ4n) is 3.14. The van der Waals surface area contributed by atoms with Crippen LogP contribution in [0.1, 0.15) is 18.2 Å². The first-order valence-electron chi connectivity index (χ1n) is 9.86. The van der Waals surface area contributed by atoms with Gasteiger partial charge in [-0.1, -0.05) is 24.3 Å². The Morgan fingerprint density at radius 1 is 1.00 bits per heavy atom. The van der Waals surface area contributed by atoms with Gasteiger partial charge in [-0.15, -0.1) is 10.2 Å². The van der Waals surface area contributed by atoms with E-state index in [4.69, 9.17) is 10.2 Å². The van der Waals surface area contributed by atoms with Gasteiger partial charge >= 0.3 is 0 Å². The summed E-state index contributed by atoms with van der Waals surface area (Å²) in [4.78, 5) is 12.5. The molecule has 2 unspecified atom stereocenters. The second-order valence-electron chi connectivity index (χ2n) is 7.25. The van der Waals surface area contributed by atoms with E-state index in [0.717, 1.165) is 41.2 Å². The molecule has 4 rings (SSSR count). The minimum atomic E-state index is -0.454. The quantitative estimate of drug-likeness (QED) is 0.448. The molecule has 1 aromatic carbocycles. The average molecular weight is 419 g/mol. The van der Waals surface area contributed by atoms with E-state index < -0.39 is 5.82 Å². The molecule has 3 aromatic heterocycles. The van der Waals surface area contributed by atoms with Crippen molar-refractivity contribution in [2.75, 3.05) is 0 Å². The van der Waals surface area contributed by atoms with Crippen LogP contribution in [0.2, 0.25) is 0 Å². The molecule has 8 nitrogen and oxygen atoms in total. The van der Waals surface area contributed by atoms with Crippen molar-refractivity contribution in [2.24, 2.45) is 5.73 Å². The molecule has 3 N–H and O–H groups in total. The van der Waals surface area contributed by atoms with Crippen LogP contribution in [0, 0.1) is 5.82 Å². The zero-order valence-corrected chi connectivity index (χ0v) is 16.9. The van der Waals surface area contributed by atoms with E-state index in [1.807, 2.05) is 43.3 Å². The summed E-state index contributed by atoms with van der Waals surface area (Å²) in [5.41, 5.74) is 9.82. The Bertz CT molecular complexity index is 1080. The van der Waals surface area contributed by atoms with E-state index in [2.05, 4.69) is 30.5 Å². The lowest BCUT2D eigenvalue weighted by Crippen LogP contribution is -2.44. The molecule has 2 atom stereocenters. The van der Waals surface area contributed by atoms with Gasteiger partial charge in [0.05, 0.1) is 23.7 Å². The van der Waals surface area contributed by atoms with Gasteiger partial charge in [-0.25, -0.2) is 14.4 Å². The van der Waals surface area contributed by atoms with Gasteiger partial charge in [-0.05, 0) is 31.0 Å². The lowest BCUT2D eigenvalue weighted by Gasteiger charge is -2.22. The normalized spacial score (nSPS) is 13.1. The summed E-state index contributed by atoms with van der Waals surface area (Å²) in [7, 11) is 0. The largest absolute Gasteiger partial charge is 0.423 e. The maximum atomic E-state index is 13.0. The van der Waals surface area contributed by atoms with Crippen molar-refractivity contribution in [3.63, 3.8) is 0 Å². The molecule has 0 spiro atoms. The van der Waals surface area contributed by atoms with Crippen LogP contribution in [0.25, 0.3) is 22.8 Å². The highest BCUT2D eigenvalue weighted by molar-refractivity contribution is 5.55. The van der Waals surface area contributed by atoms with Gasteiger partial charge in [0.2, 0.25) is 12.3 Å². The second kappa shape index (κ2) is 9.50. The number of benzene rings is 1. The van der Waals surface area contributed by atoms with E-state index in [9.17, 15) is 4.39 Å². The number of pyridine rings is 1. The first-order chi connectivity index (χ1) is 15.1. The SMILES string of the molecule is CC(N)C(Cc1ccc(-c2ncc(F)cn2)cc1)NCc1ccc(-c2nnco2)cn1. The first-order valence-corrected chi connectivity index (χ1v) is 9.86. The molecule has 158 valence electrons. The number of nitrogens with one attached hydrogen (secondary N) is 1. The number of aromatic nitrogens is 5. The standard InChI is InChI=1S/C22H22FN7O/c1-14(24)20(26-12-19-7-6-17(9-25-19)22-30-29-13-31-22)8-15-2-4-16(5-3-15)21-27-10-18(23)11-28-21/h2-7,9-11,13-14,20,26H,8,12,24H2,1H3. The molecular weight excluding hydrogens is 397 g/mol. The molecule has 0 radical (unpaired) electrons. The van der Waals surface area contributed by atoms with Crippen molar-refractivity contribution in [1.29, 1.82) is 0 Å². The van der Waals surface area contributed by atoms with Crippen molar-refractivity contribution in [1.82, 2.24) is 30.5 Å². The third-order valence-electron chi connectivity index (χ3n) is 4.90. The zero-order chi connectivity index (χ0) is 21.6. The predicted octanol–water partition coefficient (Wildman–Crippen LogP) is 2.78. The summed E-state index contributed by atoms with van der Waals surface area (Å²) in [6, 6.07) is 11.7. The number of halogens is 1. The third kappa shape index (κ3) is 5.33. The van der Waals surface area contributed by atoms with Crippen molar-refractivity contribution >= 4 is 0 Å². The minimum Gasteiger partial charge on any atom is -0.423 e. The van der Waals surface area contributed by atoms with Crippen LogP contribution < -0.4 is 11.1 Å². The van der Waals surface area contributed by atoms with Crippen LogP contribution in [-0.4, -0.2) is 37.2 Å². The summed E-state index contributed by atoms with van der Waals surface area (Å²) in [5, 5.41) is 11.0. The molecule has 0 aliphatic rings. The highest BCUT2D eigenvalue weighted by Crippen LogP contribution is 2.17. The molecule has 0 saturated carbocycles. The first kappa shape index (κ1) is 20.7. The summed E-state index contributed by atoms with van der Waals surface area (Å²) in [5.74, 6) is 0.477. The topological polar surface area (TPSA) is 116 Å². The Kier molecular flexibility index (Phi) is 6.34. The molecule has 4 aromatic rings. The Morgan fingerprint density at radius 3 is 2.35 bits per heavy atom. The number of hydrogen-bond donors (Lipinski definition) is 2. The fourth-order valence-corrected chi connectivity index (χ4v) is 3.14. The molecule has 0 amide bonds. The monoisotopic (exact) mass is 419 g/mol. The molecule has 0 saturated heterocycles. The van der Waals surface area contributed by atoms with Crippen LogP contribution in [0.3, 0.4) is 0 Å². The Hall–Kier alpha value is -3.56. The van der Waals surface area contributed by atoms with E-state index in [-0.39, 0.29) is 12.1 Å². The highest BCUT2D eigenvalue weighted by atomic mass is 19.1. The van der Waals surface area contributed by atoms with Gasteiger partial charge in [0, 0.05) is 30.4 Å². The van der Waals surface area contributed by atoms with Crippen molar-refractivity contribution in [3.05, 3.63) is 78.5 Å². The number of nitrogens with two attached hydrogens (primary N) is 1. The van der Waals surface area contributed by atoms with Crippen molar-refractivity contribution < 1.29 is 8.81 Å².